The zero-order valence-electron chi connectivity index (χ0n) is 9.53. The number of carbonyl (C=O) groups is 1. The van der Waals surface area contributed by atoms with Crippen LogP contribution in [0.15, 0.2) is 24.8 Å². The molecule has 0 aliphatic carbocycles. The summed E-state index contributed by atoms with van der Waals surface area (Å²) < 4.78 is 5.10. The lowest BCUT2D eigenvalue weighted by atomic mass is 10.1. The highest BCUT2D eigenvalue weighted by Crippen LogP contribution is 2.09. The number of hydrogen-bond acceptors (Lipinski definition) is 3. The Balaban J connectivity index is 3.88. The van der Waals surface area contributed by atoms with E-state index in [1.165, 1.54) is 0 Å². The van der Waals surface area contributed by atoms with Crippen LogP contribution in [0.3, 0.4) is 0 Å². The molecule has 0 aromatic carbocycles. The maximum atomic E-state index is 11.2. The van der Waals surface area contributed by atoms with Gasteiger partial charge in [0, 0.05) is 5.57 Å². The normalized spacial score (nSPS) is 14.1. The molecule has 0 aromatic heterocycles. The predicted molar refractivity (Wildman–Crippen MR) is 60.4 cm³/mol. The van der Waals surface area contributed by atoms with Crippen molar-refractivity contribution >= 4 is 5.97 Å². The van der Waals surface area contributed by atoms with Gasteiger partial charge in [-0.3, -0.25) is 0 Å². The molecule has 0 rings (SSSR count). The first kappa shape index (κ1) is 13.9. The highest BCUT2D eigenvalue weighted by molar-refractivity contribution is 5.87. The molecule has 2 atom stereocenters. The van der Waals surface area contributed by atoms with E-state index in [1.54, 1.807) is 19.9 Å². The van der Waals surface area contributed by atoms with Gasteiger partial charge in [-0.2, -0.15) is 0 Å². The van der Waals surface area contributed by atoms with Crippen molar-refractivity contribution in [1.29, 1.82) is 0 Å². The molecule has 86 valence electrons. The minimum Gasteiger partial charge on any atom is -0.455 e. The Hall–Kier alpha value is -1.09. The van der Waals surface area contributed by atoms with Gasteiger partial charge < -0.3 is 9.84 Å². The second-order valence-electron chi connectivity index (χ2n) is 3.74. The van der Waals surface area contributed by atoms with E-state index in [0.717, 1.165) is 6.42 Å². The number of hydrogen-bond donors (Lipinski definition) is 1. The van der Waals surface area contributed by atoms with Gasteiger partial charge in [-0.05, 0) is 33.1 Å². The van der Waals surface area contributed by atoms with Gasteiger partial charge in [-0.15, -0.1) is 0 Å². The van der Waals surface area contributed by atoms with E-state index in [-0.39, 0.29) is 12.2 Å². The zero-order valence-corrected chi connectivity index (χ0v) is 9.53. The molecule has 0 spiro atoms. The average molecular weight is 212 g/mol. The minimum atomic E-state index is -0.392. The van der Waals surface area contributed by atoms with Crippen molar-refractivity contribution in [2.45, 2.75) is 45.3 Å². The van der Waals surface area contributed by atoms with Crippen molar-refractivity contribution < 1.29 is 14.6 Å². The lowest BCUT2D eigenvalue weighted by molar-refractivity contribution is -0.142. The molecule has 0 aliphatic rings. The first-order valence-electron chi connectivity index (χ1n) is 5.14. The smallest absolute Gasteiger partial charge is 0.333 e. The average Bonchev–Trinajstić information content (AvgIpc) is 2.15. The number of carbonyl (C=O) groups excluding carboxylic acids is 1. The van der Waals surface area contributed by atoms with Crippen LogP contribution in [0.2, 0.25) is 0 Å². The third-order valence-electron chi connectivity index (χ3n) is 1.98. The maximum Gasteiger partial charge on any atom is 0.333 e. The summed E-state index contributed by atoms with van der Waals surface area (Å²) in [6.45, 7) is 10.5. The maximum absolute atomic E-state index is 11.2. The van der Waals surface area contributed by atoms with Crippen molar-refractivity contribution in [2.24, 2.45) is 0 Å². The molecule has 2 unspecified atom stereocenters. The van der Waals surface area contributed by atoms with Gasteiger partial charge in [-0.1, -0.05) is 19.2 Å². The molecule has 0 heterocycles. The van der Waals surface area contributed by atoms with Crippen LogP contribution in [0.5, 0.6) is 0 Å². The monoisotopic (exact) mass is 212 g/mol. The summed E-state index contributed by atoms with van der Waals surface area (Å²) >= 11 is 0. The number of aliphatic hydroxyl groups is 1. The minimum absolute atomic E-state index is 0.284. The molecule has 15 heavy (non-hydrogen) atoms. The van der Waals surface area contributed by atoms with E-state index in [4.69, 9.17) is 9.84 Å². The first-order valence-corrected chi connectivity index (χ1v) is 5.14. The van der Waals surface area contributed by atoms with Gasteiger partial charge in [0.1, 0.15) is 6.10 Å². The molecule has 0 fully saturated rings. The highest BCUT2D eigenvalue weighted by atomic mass is 16.5. The van der Waals surface area contributed by atoms with Gasteiger partial charge in [0.15, 0.2) is 0 Å². The van der Waals surface area contributed by atoms with Crippen LogP contribution in [0.4, 0.5) is 0 Å². The van der Waals surface area contributed by atoms with Crippen LogP contribution in [-0.2, 0) is 9.53 Å². The van der Waals surface area contributed by atoms with Crippen molar-refractivity contribution in [2.75, 3.05) is 0 Å². The summed E-state index contributed by atoms with van der Waals surface area (Å²) in [6, 6.07) is 0. The Morgan fingerprint density at radius 3 is 2.53 bits per heavy atom. The standard InChI is InChI=1S/C12H20O3/c1-5-11(8-6-7-10(4)13)15-12(14)9(2)3/h5,10-11,13H,1-2,6-8H2,3-4H3. The number of esters is 1. The van der Waals surface area contributed by atoms with Crippen LogP contribution >= 0.6 is 0 Å². The van der Waals surface area contributed by atoms with Crippen LogP contribution in [0.25, 0.3) is 0 Å². The molecule has 0 saturated carbocycles. The van der Waals surface area contributed by atoms with Gasteiger partial charge in [0.2, 0.25) is 0 Å². The SMILES string of the molecule is C=CC(CCCC(C)O)OC(=O)C(=C)C. The molecular formula is C12H20O3. The second-order valence-corrected chi connectivity index (χ2v) is 3.74. The predicted octanol–water partition coefficient (Wildman–Crippen LogP) is 2.21. The number of ether oxygens (including phenoxy) is 1. The third kappa shape index (κ3) is 6.91. The molecule has 1 N–H and O–H groups in total. The van der Waals surface area contributed by atoms with Gasteiger partial charge in [0.05, 0.1) is 6.10 Å². The fourth-order valence-electron chi connectivity index (χ4n) is 1.08. The van der Waals surface area contributed by atoms with Crippen molar-refractivity contribution in [3.05, 3.63) is 24.8 Å². The van der Waals surface area contributed by atoms with Crippen molar-refractivity contribution in [3.8, 4) is 0 Å². The van der Waals surface area contributed by atoms with Crippen molar-refractivity contribution in [3.63, 3.8) is 0 Å². The van der Waals surface area contributed by atoms with E-state index in [0.29, 0.717) is 18.4 Å². The Morgan fingerprint density at radius 1 is 1.53 bits per heavy atom. The lowest BCUT2D eigenvalue weighted by Gasteiger charge is -2.14. The second kappa shape index (κ2) is 7.23. The summed E-state index contributed by atoms with van der Waals surface area (Å²) in [5, 5.41) is 9.06. The molecule has 0 aliphatic heterocycles. The van der Waals surface area contributed by atoms with Crippen LogP contribution in [0, 0.1) is 0 Å². The molecule has 0 radical (unpaired) electrons. The van der Waals surface area contributed by atoms with E-state index in [9.17, 15) is 4.79 Å². The molecule has 0 amide bonds. The molecule has 3 heteroatoms. The molecule has 0 bridgehead atoms. The largest absolute Gasteiger partial charge is 0.455 e. The summed E-state index contributed by atoms with van der Waals surface area (Å²) in [4.78, 5) is 11.2. The summed E-state index contributed by atoms with van der Waals surface area (Å²) in [5.74, 6) is -0.392. The Kier molecular flexibility index (Phi) is 6.71. The van der Waals surface area contributed by atoms with Crippen molar-refractivity contribution in [1.82, 2.24) is 0 Å². The van der Waals surface area contributed by atoms with Gasteiger partial charge >= 0.3 is 5.97 Å². The third-order valence-corrected chi connectivity index (χ3v) is 1.98. The molecule has 0 aromatic rings. The van der Waals surface area contributed by atoms with Crippen LogP contribution in [-0.4, -0.2) is 23.3 Å². The lowest BCUT2D eigenvalue weighted by Crippen LogP contribution is -2.16. The Bertz CT molecular complexity index is 231. The van der Waals surface area contributed by atoms with Gasteiger partial charge in [-0.25, -0.2) is 4.79 Å². The Morgan fingerprint density at radius 2 is 2.13 bits per heavy atom. The molecular weight excluding hydrogens is 192 g/mol. The summed E-state index contributed by atoms with van der Waals surface area (Å²) in [7, 11) is 0. The van der Waals surface area contributed by atoms with E-state index < -0.39 is 5.97 Å². The summed E-state index contributed by atoms with van der Waals surface area (Å²) in [6.07, 6.45) is 3.20. The summed E-state index contributed by atoms with van der Waals surface area (Å²) in [5.41, 5.74) is 0.386. The van der Waals surface area contributed by atoms with E-state index in [1.807, 2.05) is 0 Å². The molecule has 0 saturated heterocycles. The zero-order chi connectivity index (χ0) is 11.8. The van der Waals surface area contributed by atoms with E-state index in [2.05, 4.69) is 13.2 Å². The topological polar surface area (TPSA) is 46.5 Å². The van der Waals surface area contributed by atoms with Crippen LogP contribution < -0.4 is 0 Å². The highest BCUT2D eigenvalue weighted by Gasteiger charge is 2.11. The quantitative estimate of drug-likeness (QED) is 0.400. The first-order chi connectivity index (χ1) is 6.97. The number of aliphatic hydroxyl groups excluding tert-OH is 1. The Labute approximate surface area is 91.4 Å². The fraction of sp³-hybridized carbons (Fsp3) is 0.583. The van der Waals surface area contributed by atoms with Crippen LogP contribution in [0.1, 0.15) is 33.1 Å². The van der Waals surface area contributed by atoms with E-state index >= 15 is 0 Å². The van der Waals surface area contributed by atoms with Gasteiger partial charge in [0.25, 0.3) is 0 Å². The fourth-order valence-corrected chi connectivity index (χ4v) is 1.08. The molecule has 3 nitrogen and oxygen atoms in total. The number of rotatable bonds is 7.